The van der Waals surface area contributed by atoms with Gasteiger partial charge in [-0.1, -0.05) is 24.7 Å². The highest BCUT2D eigenvalue weighted by Gasteiger charge is 2.42. The average molecular weight is 418 g/mol. The van der Waals surface area contributed by atoms with Crippen LogP contribution in [0.5, 0.6) is 0 Å². The Morgan fingerprint density at radius 3 is 2.85 bits per heavy atom. The molecule has 0 saturated carbocycles. The molecule has 2 unspecified atom stereocenters. The van der Waals surface area contributed by atoms with Crippen LogP contribution in [0.2, 0.25) is 0 Å². The number of rotatable bonds is 7. The van der Waals surface area contributed by atoms with Crippen LogP contribution in [0.4, 0.5) is 9.93 Å². The van der Waals surface area contributed by atoms with Crippen molar-refractivity contribution in [3.63, 3.8) is 0 Å². The van der Waals surface area contributed by atoms with Crippen molar-refractivity contribution in [1.29, 1.82) is 0 Å². The summed E-state index contributed by atoms with van der Waals surface area (Å²) in [5, 5.41) is 7.68. The van der Waals surface area contributed by atoms with Gasteiger partial charge < -0.3 is 14.4 Å². The molecule has 1 aromatic rings. The number of aromatic nitrogens is 2. The van der Waals surface area contributed by atoms with Crippen LogP contribution in [0.1, 0.15) is 32.6 Å². The van der Waals surface area contributed by atoms with E-state index in [4.69, 9.17) is 9.47 Å². The average Bonchev–Trinajstić information content (AvgIpc) is 3.35. The van der Waals surface area contributed by atoms with Gasteiger partial charge in [-0.05, 0) is 19.3 Å². The fourth-order valence-corrected chi connectivity index (χ4v) is 5.42. The van der Waals surface area contributed by atoms with Crippen LogP contribution >= 0.6 is 11.3 Å². The summed E-state index contributed by atoms with van der Waals surface area (Å²) < 4.78 is 35.2. The highest BCUT2D eigenvalue weighted by atomic mass is 32.2. The fourth-order valence-electron chi connectivity index (χ4n) is 2.82. The first kappa shape index (κ1) is 20.0. The molecular weight excluding hydrogens is 396 g/mol. The lowest BCUT2D eigenvalue weighted by atomic mass is 10.2. The summed E-state index contributed by atoms with van der Waals surface area (Å²) in [5.41, 5.74) is 0. The van der Waals surface area contributed by atoms with Crippen molar-refractivity contribution >= 4 is 38.3 Å². The van der Waals surface area contributed by atoms with E-state index < -0.39 is 34.2 Å². The zero-order chi connectivity index (χ0) is 19.6. The maximum Gasteiger partial charge on any atom is 0.337 e. The molecule has 2 aliphatic heterocycles. The Morgan fingerprint density at radius 2 is 2.19 bits per heavy atom. The quantitative estimate of drug-likeness (QED) is 0.476. The Hall–Kier alpha value is -1.79. The van der Waals surface area contributed by atoms with Gasteiger partial charge in [0.25, 0.3) is 0 Å². The van der Waals surface area contributed by atoms with Crippen LogP contribution in [-0.4, -0.2) is 73.8 Å². The van der Waals surface area contributed by atoms with E-state index in [0.29, 0.717) is 19.4 Å². The van der Waals surface area contributed by atoms with E-state index in [2.05, 4.69) is 10.2 Å². The lowest BCUT2D eigenvalue weighted by Gasteiger charge is -2.21. The van der Waals surface area contributed by atoms with Crippen molar-refractivity contribution in [3.05, 3.63) is 0 Å². The van der Waals surface area contributed by atoms with E-state index in [-0.39, 0.29) is 21.8 Å². The van der Waals surface area contributed by atoms with Crippen LogP contribution < -0.4 is 4.90 Å². The number of urea groups is 1. The number of carbonyl (C=O) groups is 2. The molecule has 10 nitrogen and oxygen atoms in total. The van der Waals surface area contributed by atoms with Gasteiger partial charge in [-0.25, -0.2) is 22.9 Å². The molecule has 2 atom stereocenters. The van der Waals surface area contributed by atoms with Gasteiger partial charge in [-0.2, -0.15) is 0 Å². The topological polar surface area (TPSA) is 119 Å². The summed E-state index contributed by atoms with van der Waals surface area (Å²) in [7, 11) is -1.99. The van der Waals surface area contributed by atoms with Gasteiger partial charge in [0.05, 0.1) is 12.3 Å². The number of amides is 2. The predicted molar refractivity (Wildman–Crippen MR) is 96.2 cm³/mol. The number of nitrogens with zero attached hydrogens (tertiary/aromatic N) is 4. The zero-order valence-corrected chi connectivity index (χ0v) is 16.8. The number of anilines is 1. The lowest BCUT2D eigenvalue weighted by Crippen LogP contribution is -2.39. The molecule has 1 aromatic heterocycles. The molecule has 2 aliphatic rings. The number of ether oxygens (including phenoxy) is 2. The van der Waals surface area contributed by atoms with Gasteiger partial charge in [-0.15, -0.1) is 10.2 Å². The third kappa shape index (κ3) is 4.22. The largest absolute Gasteiger partial charge is 0.437 e. The zero-order valence-electron chi connectivity index (χ0n) is 15.2. The van der Waals surface area contributed by atoms with E-state index in [9.17, 15) is 18.0 Å². The number of hydrogen-bond donors (Lipinski definition) is 0. The third-order valence-corrected chi connectivity index (χ3v) is 7.50. The minimum atomic E-state index is -3.55. The van der Waals surface area contributed by atoms with Gasteiger partial charge in [0.15, 0.2) is 6.10 Å². The maximum atomic E-state index is 12.5. The van der Waals surface area contributed by atoms with Crippen molar-refractivity contribution in [1.82, 2.24) is 15.1 Å². The molecular formula is C15H22N4O6S2. The van der Waals surface area contributed by atoms with E-state index in [1.807, 2.05) is 6.92 Å². The first-order valence-corrected chi connectivity index (χ1v) is 11.2. The Bertz CT molecular complexity index is 805. The molecule has 27 heavy (non-hydrogen) atoms. The molecule has 0 aliphatic carbocycles. The van der Waals surface area contributed by atoms with Gasteiger partial charge in [0.1, 0.15) is 0 Å². The second-order valence-electron chi connectivity index (χ2n) is 6.45. The Labute approximate surface area is 161 Å². The summed E-state index contributed by atoms with van der Waals surface area (Å²) in [6.07, 6.45) is 1.08. The molecule has 0 bridgehead atoms. The van der Waals surface area contributed by atoms with Crippen molar-refractivity contribution < 1.29 is 27.5 Å². The number of likely N-dealkylation sites (N-methyl/N-ethyl adjacent to an activating group) is 1. The molecule has 0 N–H and O–H groups in total. The third-order valence-electron chi connectivity index (χ3n) is 4.33. The summed E-state index contributed by atoms with van der Waals surface area (Å²) in [6.45, 7) is 2.55. The summed E-state index contributed by atoms with van der Waals surface area (Å²) in [4.78, 5) is 27.3. The highest BCUT2D eigenvalue weighted by molar-refractivity contribution is 7.93. The minimum Gasteiger partial charge on any atom is -0.437 e. The molecule has 2 saturated heterocycles. The fraction of sp³-hybridized carbons (Fsp3) is 0.733. The second kappa shape index (κ2) is 8.07. The Balaban J connectivity index is 1.78. The first-order valence-electron chi connectivity index (χ1n) is 8.76. The van der Waals surface area contributed by atoms with E-state index >= 15 is 0 Å². The van der Waals surface area contributed by atoms with Gasteiger partial charge in [-0.3, -0.25) is 0 Å². The number of carbonyl (C=O) groups excluding carboxylic acids is 2. The van der Waals surface area contributed by atoms with Gasteiger partial charge in [0.2, 0.25) is 25.5 Å². The van der Waals surface area contributed by atoms with Crippen molar-refractivity contribution in [3.8, 4) is 0 Å². The smallest absolute Gasteiger partial charge is 0.337 e. The molecule has 3 rings (SSSR count). The molecule has 2 fully saturated rings. The molecule has 150 valence electrons. The summed E-state index contributed by atoms with van der Waals surface area (Å²) in [6, 6.07) is -0.436. The van der Waals surface area contributed by atoms with Gasteiger partial charge >= 0.3 is 12.0 Å². The summed E-state index contributed by atoms with van der Waals surface area (Å²) in [5.74, 6) is -0.561. The molecule has 0 aromatic carbocycles. The number of sulfone groups is 1. The van der Waals surface area contributed by atoms with Crippen LogP contribution in [0.25, 0.3) is 0 Å². The van der Waals surface area contributed by atoms with Crippen LogP contribution in [0.15, 0.2) is 4.34 Å². The number of unbranched alkanes of at least 4 members (excludes halogenated alkanes) is 1. The second-order valence-corrected chi connectivity index (χ2v) is 9.69. The number of hydrogen-bond acceptors (Lipinski definition) is 9. The standard InChI is InChI=1S/C15H22N4O6S2/c1-3-4-8-27(22,23)14-17-16-13(26-14)19-11(9-18(2)15(19)21)25-12(20)10-6-5-7-24-10/h10-11H,3-9H2,1-2H3. The van der Waals surface area contributed by atoms with E-state index in [1.54, 1.807) is 7.05 Å². The Kier molecular flexibility index (Phi) is 5.96. The normalized spacial score (nSPS) is 23.3. The Morgan fingerprint density at radius 1 is 1.41 bits per heavy atom. The van der Waals surface area contributed by atoms with E-state index in [1.165, 1.54) is 9.80 Å². The van der Waals surface area contributed by atoms with E-state index in [0.717, 1.165) is 24.2 Å². The maximum absolute atomic E-state index is 12.5. The monoisotopic (exact) mass is 418 g/mol. The van der Waals surface area contributed by atoms with Crippen molar-refractivity contribution in [2.45, 2.75) is 49.3 Å². The van der Waals surface area contributed by atoms with Crippen LogP contribution in [-0.2, 0) is 24.1 Å². The van der Waals surface area contributed by atoms with Crippen molar-refractivity contribution in [2.24, 2.45) is 0 Å². The van der Waals surface area contributed by atoms with Crippen LogP contribution in [0.3, 0.4) is 0 Å². The lowest BCUT2D eigenvalue weighted by molar-refractivity contribution is -0.158. The molecule has 3 heterocycles. The SMILES string of the molecule is CCCCS(=O)(=O)c1nnc(N2C(=O)N(C)CC2OC(=O)C2CCCO2)s1. The minimum absolute atomic E-state index is 0.0244. The number of esters is 1. The van der Waals surface area contributed by atoms with Gasteiger partial charge in [0, 0.05) is 13.7 Å². The first-order chi connectivity index (χ1) is 12.8. The molecule has 0 spiro atoms. The van der Waals surface area contributed by atoms with Crippen molar-refractivity contribution in [2.75, 3.05) is 30.9 Å². The predicted octanol–water partition coefficient (Wildman–Crippen LogP) is 1.03. The summed E-state index contributed by atoms with van der Waals surface area (Å²) >= 11 is 0.802. The molecule has 12 heteroatoms. The molecule has 0 radical (unpaired) electrons. The highest BCUT2D eigenvalue weighted by Crippen LogP contribution is 2.31. The van der Waals surface area contributed by atoms with Crippen LogP contribution in [0, 0.1) is 0 Å². The molecule has 2 amide bonds.